The van der Waals surface area contributed by atoms with E-state index in [0.717, 1.165) is 24.2 Å². The Bertz CT molecular complexity index is 468. The third-order valence-corrected chi connectivity index (χ3v) is 4.22. The van der Waals surface area contributed by atoms with Crippen molar-refractivity contribution in [1.82, 2.24) is 5.32 Å². The van der Waals surface area contributed by atoms with E-state index in [0.29, 0.717) is 18.9 Å². The van der Waals surface area contributed by atoms with Crippen molar-refractivity contribution < 1.29 is 19.4 Å². The Morgan fingerprint density at radius 3 is 2.65 bits per heavy atom. The van der Waals surface area contributed by atoms with Gasteiger partial charge < -0.3 is 19.9 Å². The van der Waals surface area contributed by atoms with Crippen LogP contribution in [0.25, 0.3) is 0 Å². The molecule has 0 saturated heterocycles. The monoisotopic (exact) mass is 321 g/mol. The molecule has 5 heteroatoms. The summed E-state index contributed by atoms with van der Waals surface area (Å²) in [6.45, 7) is 0.876. The number of carbonyl (C=O) groups is 1. The standard InChI is InChI=1S/C18H27NO4/c1-22-17-8-6-15(7-9-17)12-23-13-16(20)11-19-18(21)10-14-4-2-3-5-14/h6-9,14,16,20H,2-5,10-13H2,1H3,(H,19,21)/t16-/m0/s1. The fourth-order valence-corrected chi connectivity index (χ4v) is 2.87. The van der Waals surface area contributed by atoms with Crippen molar-refractivity contribution in [3.05, 3.63) is 29.8 Å². The number of aliphatic hydroxyl groups excluding tert-OH is 1. The summed E-state index contributed by atoms with van der Waals surface area (Å²) in [5, 5.41) is 12.6. The minimum atomic E-state index is -0.680. The molecule has 1 aliphatic rings. The lowest BCUT2D eigenvalue weighted by atomic mass is 10.0. The lowest BCUT2D eigenvalue weighted by molar-refractivity contribution is -0.122. The van der Waals surface area contributed by atoms with Crippen LogP contribution in [0.5, 0.6) is 5.75 Å². The van der Waals surface area contributed by atoms with Gasteiger partial charge in [-0.2, -0.15) is 0 Å². The summed E-state index contributed by atoms with van der Waals surface area (Å²) < 4.78 is 10.6. The van der Waals surface area contributed by atoms with Gasteiger partial charge in [0.2, 0.25) is 5.91 Å². The lowest BCUT2D eigenvalue weighted by Crippen LogP contribution is -2.35. The fourth-order valence-electron chi connectivity index (χ4n) is 2.87. The Morgan fingerprint density at radius 2 is 2.00 bits per heavy atom. The van der Waals surface area contributed by atoms with E-state index < -0.39 is 6.10 Å². The van der Waals surface area contributed by atoms with Crippen molar-refractivity contribution in [3.63, 3.8) is 0 Å². The summed E-state index contributed by atoms with van der Waals surface area (Å²) in [5.41, 5.74) is 1.02. The van der Waals surface area contributed by atoms with E-state index in [4.69, 9.17) is 9.47 Å². The summed E-state index contributed by atoms with van der Waals surface area (Å²) >= 11 is 0. The van der Waals surface area contributed by atoms with E-state index in [1.165, 1.54) is 12.8 Å². The number of hydrogen-bond donors (Lipinski definition) is 2. The van der Waals surface area contributed by atoms with Gasteiger partial charge in [-0.3, -0.25) is 4.79 Å². The second-order valence-electron chi connectivity index (χ2n) is 6.18. The van der Waals surface area contributed by atoms with E-state index in [2.05, 4.69) is 5.32 Å². The number of amides is 1. The SMILES string of the molecule is COc1ccc(COC[C@@H](O)CNC(=O)CC2CCCC2)cc1. The highest BCUT2D eigenvalue weighted by Gasteiger charge is 2.18. The van der Waals surface area contributed by atoms with Gasteiger partial charge in [0.1, 0.15) is 5.75 Å². The number of nitrogens with one attached hydrogen (secondary N) is 1. The molecule has 0 bridgehead atoms. The van der Waals surface area contributed by atoms with Crippen LogP contribution >= 0.6 is 0 Å². The molecule has 23 heavy (non-hydrogen) atoms. The van der Waals surface area contributed by atoms with E-state index >= 15 is 0 Å². The first-order valence-electron chi connectivity index (χ1n) is 8.33. The molecule has 0 aromatic heterocycles. The van der Waals surface area contributed by atoms with Crippen LogP contribution in [-0.2, 0) is 16.1 Å². The predicted octanol–water partition coefficient (Wildman–Crippen LogP) is 2.27. The zero-order chi connectivity index (χ0) is 16.5. The topological polar surface area (TPSA) is 67.8 Å². The summed E-state index contributed by atoms with van der Waals surface area (Å²) in [7, 11) is 1.63. The molecular weight excluding hydrogens is 294 g/mol. The molecule has 1 aromatic carbocycles. The van der Waals surface area contributed by atoms with E-state index in [-0.39, 0.29) is 19.1 Å². The van der Waals surface area contributed by atoms with Gasteiger partial charge in [-0.15, -0.1) is 0 Å². The van der Waals surface area contributed by atoms with Crippen LogP contribution in [0.1, 0.15) is 37.7 Å². The average molecular weight is 321 g/mol. The number of hydrogen-bond acceptors (Lipinski definition) is 4. The molecule has 1 amide bonds. The van der Waals surface area contributed by atoms with Crippen molar-refractivity contribution in [2.24, 2.45) is 5.92 Å². The quantitative estimate of drug-likeness (QED) is 0.732. The highest BCUT2D eigenvalue weighted by molar-refractivity contribution is 5.76. The fraction of sp³-hybridized carbons (Fsp3) is 0.611. The van der Waals surface area contributed by atoms with E-state index in [1.807, 2.05) is 24.3 Å². The summed E-state index contributed by atoms with van der Waals surface area (Å²) in [6.07, 6.45) is 4.68. The number of aliphatic hydroxyl groups is 1. The zero-order valence-electron chi connectivity index (χ0n) is 13.8. The Balaban J connectivity index is 1.56. The molecular formula is C18H27NO4. The van der Waals surface area contributed by atoms with Gasteiger partial charge in [0.15, 0.2) is 0 Å². The van der Waals surface area contributed by atoms with E-state index in [1.54, 1.807) is 7.11 Å². The normalized spacial score (nSPS) is 16.3. The highest BCUT2D eigenvalue weighted by Crippen LogP contribution is 2.27. The van der Waals surface area contributed by atoms with Crippen molar-refractivity contribution in [2.75, 3.05) is 20.3 Å². The molecule has 0 spiro atoms. The predicted molar refractivity (Wildman–Crippen MR) is 88.2 cm³/mol. The van der Waals surface area contributed by atoms with Gasteiger partial charge in [-0.1, -0.05) is 25.0 Å². The molecule has 1 atom stereocenters. The first kappa shape index (κ1) is 17.8. The van der Waals surface area contributed by atoms with Crippen molar-refractivity contribution >= 4 is 5.91 Å². The average Bonchev–Trinajstić information content (AvgIpc) is 3.06. The number of rotatable bonds is 9. The number of ether oxygens (including phenoxy) is 2. The van der Waals surface area contributed by atoms with Gasteiger partial charge in [0, 0.05) is 13.0 Å². The Labute approximate surface area is 138 Å². The van der Waals surface area contributed by atoms with Gasteiger partial charge in [0.05, 0.1) is 26.4 Å². The maximum absolute atomic E-state index is 11.8. The minimum absolute atomic E-state index is 0.0334. The van der Waals surface area contributed by atoms with Gasteiger partial charge in [-0.05, 0) is 36.5 Å². The first-order chi connectivity index (χ1) is 11.2. The Kier molecular flexibility index (Phi) is 7.36. The minimum Gasteiger partial charge on any atom is -0.497 e. The third-order valence-electron chi connectivity index (χ3n) is 4.22. The maximum Gasteiger partial charge on any atom is 0.220 e. The van der Waals surface area contributed by atoms with Crippen molar-refractivity contribution in [2.45, 2.75) is 44.8 Å². The molecule has 128 valence electrons. The first-order valence-corrected chi connectivity index (χ1v) is 8.33. The van der Waals surface area contributed by atoms with Crippen LogP contribution in [0.4, 0.5) is 0 Å². The number of benzene rings is 1. The summed E-state index contributed by atoms with van der Waals surface area (Å²) in [4.78, 5) is 11.8. The molecule has 0 radical (unpaired) electrons. The van der Waals surface area contributed by atoms with Crippen LogP contribution in [-0.4, -0.2) is 37.4 Å². The van der Waals surface area contributed by atoms with Crippen molar-refractivity contribution in [3.8, 4) is 5.75 Å². The van der Waals surface area contributed by atoms with Crippen LogP contribution < -0.4 is 10.1 Å². The lowest BCUT2D eigenvalue weighted by Gasteiger charge is -2.14. The molecule has 1 saturated carbocycles. The van der Waals surface area contributed by atoms with Gasteiger partial charge in [-0.25, -0.2) is 0 Å². The number of methoxy groups -OCH3 is 1. The van der Waals surface area contributed by atoms with Gasteiger partial charge in [0.25, 0.3) is 0 Å². The van der Waals surface area contributed by atoms with E-state index in [9.17, 15) is 9.90 Å². The van der Waals surface area contributed by atoms with Crippen LogP contribution in [0, 0.1) is 5.92 Å². The zero-order valence-corrected chi connectivity index (χ0v) is 13.8. The summed E-state index contributed by atoms with van der Waals surface area (Å²) in [5.74, 6) is 1.36. The Hall–Kier alpha value is -1.59. The van der Waals surface area contributed by atoms with Crippen LogP contribution in [0.15, 0.2) is 24.3 Å². The third kappa shape index (κ3) is 6.59. The molecule has 1 fully saturated rings. The van der Waals surface area contributed by atoms with Crippen LogP contribution in [0.2, 0.25) is 0 Å². The summed E-state index contributed by atoms with van der Waals surface area (Å²) in [6, 6.07) is 7.60. The smallest absolute Gasteiger partial charge is 0.220 e. The molecule has 1 aliphatic carbocycles. The molecule has 0 heterocycles. The molecule has 0 unspecified atom stereocenters. The molecule has 1 aromatic rings. The highest BCUT2D eigenvalue weighted by atomic mass is 16.5. The second kappa shape index (κ2) is 9.53. The van der Waals surface area contributed by atoms with Crippen LogP contribution in [0.3, 0.4) is 0 Å². The van der Waals surface area contributed by atoms with Gasteiger partial charge >= 0.3 is 0 Å². The Morgan fingerprint density at radius 1 is 1.30 bits per heavy atom. The maximum atomic E-state index is 11.8. The molecule has 2 N–H and O–H groups in total. The van der Waals surface area contributed by atoms with Crippen molar-refractivity contribution in [1.29, 1.82) is 0 Å². The molecule has 2 rings (SSSR count). The molecule has 0 aliphatic heterocycles. The largest absolute Gasteiger partial charge is 0.497 e. The molecule has 5 nitrogen and oxygen atoms in total. The number of carbonyl (C=O) groups excluding carboxylic acids is 1. The second-order valence-corrected chi connectivity index (χ2v) is 6.18.